The van der Waals surface area contributed by atoms with E-state index in [9.17, 15) is 9.59 Å². The lowest BCUT2D eigenvalue weighted by atomic mass is 9.80. The summed E-state index contributed by atoms with van der Waals surface area (Å²) in [5.41, 5.74) is 3.30. The Labute approximate surface area is 195 Å². The number of carbonyl (C=O) groups excluding carboxylic acids is 2. The average molecular weight is 462 g/mol. The summed E-state index contributed by atoms with van der Waals surface area (Å²) in [4.78, 5) is 26.5. The normalized spacial score (nSPS) is 20.7. The first-order valence-corrected chi connectivity index (χ1v) is 12.7. The second-order valence-corrected chi connectivity index (χ2v) is 9.50. The summed E-state index contributed by atoms with van der Waals surface area (Å²) >= 11 is 7.54. The van der Waals surface area contributed by atoms with Crippen molar-refractivity contribution in [1.82, 2.24) is 4.90 Å². The summed E-state index contributed by atoms with van der Waals surface area (Å²) in [5, 5.41) is 4.34. The van der Waals surface area contributed by atoms with Gasteiger partial charge < -0.3 is 4.74 Å². The fourth-order valence-electron chi connectivity index (χ4n) is 4.14. The molecule has 0 aromatic heterocycles. The van der Waals surface area contributed by atoms with Gasteiger partial charge in [-0.3, -0.25) is 9.69 Å². The highest BCUT2D eigenvalue weighted by Gasteiger charge is 2.25. The molecule has 1 aliphatic heterocycles. The zero-order valence-electron chi connectivity index (χ0n) is 18.3. The van der Waals surface area contributed by atoms with Crippen LogP contribution < -0.4 is 0 Å². The molecule has 0 fully saturated rings. The van der Waals surface area contributed by atoms with Crippen LogP contribution in [-0.4, -0.2) is 23.4 Å². The Hall–Kier alpha value is -1.72. The zero-order valence-corrected chi connectivity index (χ0v) is 19.9. The Bertz CT molecular complexity index is 825. The fraction of sp³-hybridized carbons (Fsp3) is 0.520. The third-order valence-electron chi connectivity index (χ3n) is 5.99. The van der Waals surface area contributed by atoms with E-state index in [1.165, 1.54) is 34.2 Å². The second-order valence-electron chi connectivity index (χ2n) is 8.29. The molecule has 6 heteroatoms. The Kier molecular flexibility index (Phi) is 9.54. The molecule has 2 aliphatic carbocycles. The topological polar surface area (TPSA) is 46.6 Å². The lowest BCUT2D eigenvalue weighted by Gasteiger charge is -2.26. The Balaban J connectivity index is 1.42. The molecular weight excluding hydrogens is 430 g/mol. The van der Waals surface area contributed by atoms with E-state index >= 15 is 0 Å². The minimum Gasteiger partial charge on any atom is -0.461 e. The molecule has 1 heterocycles. The summed E-state index contributed by atoms with van der Waals surface area (Å²) in [6.07, 6.45) is 17.6. The monoisotopic (exact) mass is 461 g/mol. The largest absolute Gasteiger partial charge is 0.461 e. The van der Waals surface area contributed by atoms with Crippen LogP contribution in [-0.2, 0) is 14.3 Å². The van der Waals surface area contributed by atoms with E-state index in [1.807, 2.05) is 18.4 Å². The number of ether oxygens (including phenoxy) is 1. The number of thioether (sulfide) groups is 1. The predicted molar refractivity (Wildman–Crippen MR) is 128 cm³/mol. The molecule has 0 spiro atoms. The molecule has 0 bridgehead atoms. The van der Waals surface area contributed by atoms with Gasteiger partial charge in [-0.25, -0.2) is 4.79 Å². The van der Waals surface area contributed by atoms with Crippen molar-refractivity contribution in [2.24, 2.45) is 5.92 Å². The lowest BCUT2D eigenvalue weighted by Crippen LogP contribution is -2.31. The summed E-state index contributed by atoms with van der Waals surface area (Å²) in [7, 11) is 0. The van der Waals surface area contributed by atoms with Crippen LogP contribution in [0.3, 0.4) is 0 Å². The first-order valence-electron chi connectivity index (χ1n) is 11.3. The third kappa shape index (κ3) is 7.15. The molecule has 0 radical (unpaired) electrons. The average Bonchev–Trinajstić information content (AvgIpc) is 2.98. The molecule has 0 saturated carbocycles. The summed E-state index contributed by atoms with van der Waals surface area (Å²) in [5.74, 6) is 0.206. The van der Waals surface area contributed by atoms with Gasteiger partial charge in [0.25, 0.3) is 0 Å². The standard InChI is InChI=1S/C25H32ClNO3S/c1-2-3-15-30-25(29)23-18-31-16-14-27(23)24(28)7-5-4-6-19-8-9-20-10-12-22(26)13-11-21(20)17-19/h11-14,16,18-19H,2-10,15,17H2,1H3. The van der Waals surface area contributed by atoms with E-state index in [4.69, 9.17) is 16.3 Å². The van der Waals surface area contributed by atoms with Crippen molar-refractivity contribution in [3.63, 3.8) is 0 Å². The minimum absolute atomic E-state index is 0.0451. The van der Waals surface area contributed by atoms with Gasteiger partial charge in [-0.1, -0.05) is 55.5 Å². The van der Waals surface area contributed by atoms with Crippen LogP contribution in [0.4, 0.5) is 0 Å². The number of carbonyl (C=O) groups is 2. The minimum atomic E-state index is -0.420. The molecule has 0 aromatic carbocycles. The van der Waals surface area contributed by atoms with Crippen molar-refractivity contribution in [1.29, 1.82) is 0 Å². The van der Waals surface area contributed by atoms with Gasteiger partial charge in [-0.15, -0.1) is 11.8 Å². The van der Waals surface area contributed by atoms with E-state index < -0.39 is 5.97 Å². The van der Waals surface area contributed by atoms with E-state index in [0.29, 0.717) is 24.6 Å². The van der Waals surface area contributed by atoms with Gasteiger partial charge in [0.05, 0.1) is 6.61 Å². The third-order valence-corrected chi connectivity index (χ3v) is 6.91. The van der Waals surface area contributed by atoms with Gasteiger partial charge in [0.1, 0.15) is 5.70 Å². The molecular formula is C25H32ClNO3S. The van der Waals surface area contributed by atoms with Crippen molar-refractivity contribution in [2.45, 2.75) is 71.1 Å². The Morgan fingerprint density at radius 1 is 1.26 bits per heavy atom. The maximum Gasteiger partial charge on any atom is 0.355 e. The highest BCUT2D eigenvalue weighted by molar-refractivity contribution is 8.05. The quantitative estimate of drug-likeness (QED) is 0.275. The molecule has 1 atom stereocenters. The van der Waals surface area contributed by atoms with Gasteiger partial charge in [-0.05, 0) is 61.5 Å². The molecule has 0 aromatic rings. The van der Waals surface area contributed by atoms with Crippen LogP contribution in [0.5, 0.6) is 0 Å². The first kappa shape index (κ1) is 23.9. The van der Waals surface area contributed by atoms with E-state index in [2.05, 4.69) is 12.2 Å². The number of hydrogen-bond donors (Lipinski definition) is 0. The number of unbranched alkanes of at least 4 members (excludes halogenated alkanes) is 2. The number of esters is 1. The molecule has 1 amide bonds. The van der Waals surface area contributed by atoms with Crippen LogP contribution >= 0.6 is 23.4 Å². The molecule has 4 nitrogen and oxygen atoms in total. The number of hydrogen-bond acceptors (Lipinski definition) is 4. The van der Waals surface area contributed by atoms with Crippen LogP contribution in [0.25, 0.3) is 0 Å². The van der Waals surface area contributed by atoms with Crippen molar-refractivity contribution in [2.75, 3.05) is 6.61 Å². The van der Waals surface area contributed by atoms with Gasteiger partial charge >= 0.3 is 5.97 Å². The lowest BCUT2D eigenvalue weighted by molar-refractivity contribution is -0.143. The molecule has 168 valence electrons. The van der Waals surface area contributed by atoms with Gasteiger partial charge in [0, 0.05) is 23.1 Å². The van der Waals surface area contributed by atoms with Crippen molar-refractivity contribution < 1.29 is 14.3 Å². The zero-order chi connectivity index (χ0) is 22.1. The van der Waals surface area contributed by atoms with Crippen LogP contribution in [0, 0.1) is 5.92 Å². The molecule has 3 rings (SSSR count). The maximum atomic E-state index is 12.7. The second kappa shape index (κ2) is 12.4. The maximum absolute atomic E-state index is 12.7. The number of halogens is 1. The summed E-state index contributed by atoms with van der Waals surface area (Å²) in [6, 6.07) is 0. The smallest absolute Gasteiger partial charge is 0.355 e. The van der Waals surface area contributed by atoms with E-state index in [1.54, 1.807) is 11.6 Å². The highest BCUT2D eigenvalue weighted by atomic mass is 35.5. The Morgan fingerprint density at radius 3 is 2.97 bits per heavy atom. The van der Waals surface area contributed by atoms with E-state index in [0.717, 1.165) is 56.4 Å². The number of amides is 1. The summed E-state index contributed by atoms with van der Waals surface area (Å²) in [6.45, 7) is 2.44. The Morgan fingerprint density at radius 2 is 2.13 bits per heavy atom. The molecule has 1 unspecified atom stereocenters. The van der Waals surface area contributed by atoms with Crippen molar-refractivity contribution in [3.05, 3.63) is 57.1 Å². The molecule has 0 saturated heterocycles. The van der Waals surface area contributed by atoms with Gasteiger partial charge in [0.15, 0.2) is 0 Å². The van der Waals surface area contributed by atoms with Crippen LogP contribution in [0.1, 0.15) is 71.1 Å². The first-order chi connectivity index (χ1) is 15.1. The van der Waals surface area contributed by atoms with Gasteiger partial charge in [0.2, 0.25) is 5.91 Å². The van der Waals surface area contributed by atoms with Crippen LogP contribution in [0.2, 0.25) is 0 Å². The molecule has 0 N–H and O–H groups in total. The SMILES string of the molecule is CCCCOC(=O)C1=CSC=CN1C(=O)CCCCC1CCC2=C(C=CC(Cl)=CC2)C1. The van der Waals surface area contributed by atoms with Crippen molar-refractivity contribution in [3.8, 4) is 0 Å². The fourth-order valence-corrected chi connectivity index (χ4v) is 4.89. The summed E-state index contributed by atoms with van der Waals surface area (Å²) < 4.78 is 5.30. The number of allylic oxidation sites excluding steroid dienone is 6. The van der Waals surface area contributed by atoms with E-state index in [-0.39, 0.29) is 5.91 Å². The van der Waals surface area contributed by atoms with Gasteiger partial charge in [-0.2, -0.15) is 0 Å². The molecule has 3 aliphatic rings. The predicted octanol–water partition coefficient (Wildman–Crippen LogP) is 6.96. The van der Waals surface area contributed by atoms with Crippen molar-refractivity contribution >= 4 is 35.2 Å². The highest BCUT2D eigenvalue weighted by Crippen LogP contribution is 2.36. The number of rotatable bonds is 9. The number of nitrogens with zero attached hydrogens (tertiary/aromatic N) is 1. The van der Waals surface area contributed by atoms with Crippen LogP contribution in [0.15, 0.2) is 57.1 Å². The molecule has 31 heavy (non-hydrogen) atoms.